The number of nitrogens with one attached hydrogen (secondary N) is 1. The number of aromatic nitrogens is 2. The molecule has 3 aromatic rings. The number of amides is 1. The van der Waals surface area contributed by atoms with Gasteiger partial charge in [0.05, 0.1) is 29.6 Å². The Bertz CT molecular complexity index is 1460. The van der Waals surface area contributed by atoms with Gasteiger partial charge in [0, 0.05) is 56.9 Å². The van der Waals surface area contributed by atoms with E-state index in [4.69, 9.17) is 10.4 Å². The number of benzene rings is 1. The molecule has 0 spiro atoms. The number of rotatable bonds is 13. The van der Waals surface area contributed by atoms with E-state index in [1.807, 2.05) is 57.4 Å². The number of hydrogen-bond acceptors (Lipinski definition) is 8. The lowest BCUT2D eigenvalue weighted by Crippen LogP contribution is -2.48. The van der Waals surface area contributed by atoms with Gasteiger partial charge in [-0.1, -0.05) is 32.0 Å². The zero-order valence-electron chi connectivity index (χ0n) is 24.5. The van der Waals surface area contributed by atoms with Gasteiger partial charge in [0.25, 0.3) is 0 Å². The quantitative estimate of drug-likeness (QED) is 0.319. The molecule has 0 saturated carbocycles. The summed E-state index contributed by atoms with van der Waals surface area (Å²) in [5, 5.41) is 21.1. The minimum Gasteiger partial charge on any atom is -0.372 e. The lowest BCUT2D eigenvalue weighted by atomic mass is 10.1. The van der Waals surface area contributed by atoms with Crippen molar-refractivity contribution in [2.24, 2.45) is 0 Å². The van der Waals surface area contributed by atoms with E-state index in [2.05, 4.69) is 54.7 Å². The van der Waals surface area contributed by atoms with E-state index in [0.717, 1.165) is 73.5 Å². The molecule has 4 rings (SSSR count). The van der Waals surface area contributed by atoms with Gasteiger partial charge < -0.3 is 14.7 Å². The SMILES string of the molecule is CC/C=C(\N(CC)c1nc(-c2ccccc2C#N)cs1)n1cc(N(C)CCN(CC)CC(=O)N2CCC2)ccc1=N. The second-order valence-electron chi connectivity index (χ2n) is 10.1. The Hall–Kier alpha value is -3.94. The van der Waals surface area contributed by atoms with Crippen molar-refractivity contribution in [1.82, 2.24) is 19.4 Å². The summed E-state index contributed by atoms with van der Waals surface area (Å²) in [6, 6.07) is 13.6. The second-order valence-corrected chi connectivity index (χ2v) is 10.9. The first-order chi connectivity index (χ1) is 19.9. The normalized spacial score (nSPS) is 13.2. The number of nitriles is 1. The molecule has 1 aliphatic rings. The highest BCUT2D eigenvalue weighted by atomic mass is 32.1. The first-order valence-corrected chi connectivity index (χ1v) is 15.2. The third kappa shape index (κ3) is 7.04. The summed E-state index contributed by atoms with van der Waals surface area (Å²) in [6.07, 6.45) is 6.03. The van der Waals surface area contributed by atoms with E-state index >= 15 is 0 Å². The molecule has 10 heteroatoms. The third-order valence-electron chi connectivity index (χ3n) is 7.41. The summed E-state index contributed by atoms with van der Waals surface area (Å²) in [6.45, 7) is 11.5. The summed E-state index contributed by atoms with van der Waals surface area (Å²) in [5.41, 5.74) is 3.56. The summed E-state index contributed by atoms with van der Waals surface area (Å²) < 4.78 is 1.91. The topological polar surface area (TPSA) is 95.5 Å². The van der Waals surface area contributed by atoms with E-state index in [-0.39, 0.29) is 5.91 Å². The largest absolute Gasteiger partial charge is 0.372 e. The van der Waals surface area contributed by atoms with Gasteiger partial charge in [-0.25, -0.2) is 4.98 Å². The fourth-order valence-corrected chi connectivity index (χ4v) is 5.66. The predicted octanol–water partition coefficient (Wildman–Crippen LogP) is 4.69. The molecule has 1 N–H and O–H groups in total. The molecule has 0 bridgehead atoms. The average Bonchev–Trinajstić information content (AvgIpc) is 3.44. The van der Waals surface area contributed by atoms with Crippen molar-refractivity contribution in [3.05, 3.63) is 65.1 Å². The van der Waals surface area contributed by atoms with Crippen molar-refractivity contribution in [3.8, 4) is 17.3 Å². The fraction of sp³-hybridized carbons (Fsp3) is 0.419. The molecule has 41 heavy (non-hydrogen) atoms. The predicted molar refractivity (Wildman–Crippen MR) is 167 cm³/mol. The number of hydrogen-bond donors (Lipinski definition) is 1. The van der Waals surface area contributed by atoms with E-state index in [0.29, 0.717) is 24.1 Å². The van der Waals surface area contributed by atoms with Gasteiger partial charge in [-0.3, -0.25) is 19.7 Å². The van der Waals surface area contributed by atoms with Crippen LogP contribution in [-0.4, -0.2) is 78.1 Å². The van der Waals surface area contributed by atoms with Crippen molar-refractivity contribution in [2.45, 2.75) is 33.6 Å². The zero-order valence-corrected chi connectivity index (χ0v) is 25.3. The monoisotopic (exact) mass is 572 g/mol. The van der Waals surface area contributed by atoms with Crippen LogP contribution in [0.2, 0.25) is 0 Å². The highest BCUT2D eigenvalue weighted by Crippen LogP contribution is 2.32. The molecule has 0 atom stereocenters. The van der Waals surface area contributed by atoms with Gasteiger partial charge >= 0.3 is 0 Å². The van der Waals surface area contributed by atoms with Crippen molar-refractivity contribution in [3.63, 3.8) is 0 Å². The van der Waals surface area contributed by atoms with Crippen LogP contribution in [0.25, 0.3) is 17.1 Å². The minimum atomic E-state index is 0.215. The van der Waals surface area contributed by atoms with E-state index in [1.165, 1.54) is 11.3 Å². The van der Waals surface area contributed by atoms with Crippen LogP contribution in [0.3, 0.4) is 0 Å². The maximum absolute atomic E-state index is 12.5. The van der Waals surface area contributed by atoms with Crippen LogP contribution >= 0.6 is 11.3 Å². The molecular formula is C31H40N8OS. The van der Waals surface area contributed by atoms with E-state index in [9.17, 15) is 10.1 Å². The van der Waals surface area contributed by atoms with Crippen molar-refractivity contribution >= 4 is 33.9 Å². The van der Waals surface area contributed by atoms with Crippen LogP contribution in [0.15, 0.2) is 54.1 Å². The van der Waals surface area contributed by atoms with Gasteiger partial charge in [0.2, 0.25) is 5.91 Å². The molecule has 0 aliphatic carbocycles. The fourth-order valence-electron chi connectivity index (χ4n) is 4.76. The molecule has 0 radical (unpaired) electrons. The van der Waals surface area contributed by atoms with Crippen LogP contribution in [0.4, 0.5) is 10.8 Å². The lowest BCUT2D eigenvalue weighted by molar-refractivity contribution is -0.135. The maximum atomic E-state index is 12.5. The summed E-state index contributed by atoms with van der Waals surface area (Å²) in [5.74, 6) is 1.09. The molecule has 1 amide bonds. The Labute approximate surface area is 247 Å². The Morgan fingerprint density at radius 3 is 2.59 bits per heavy atom. The maximum Gasteiger partial charge on any atom is 0.236 e. The molecule has 216 valence electrons. The number of thiazole rings is 1. The molecule has 9 nitrogen and oxygen atoms in total. The number of nitrogens with zero attached hydrogens (tertiary/aromatic N) is 7. The smallest absolute Gasteiger partial charge is 0.236 e. The minimum absolute atomic E-state index is 0.215. The van der Waals surface area contributed by atoms with Crippen LogP contribution < -0.4 is 15.3 Å². The summed E-state index contributed by atoms with van der Waals surface area (Å²) in [4.78, 5) is 25.8. The van der Waals surface area contributed by atoms with Gasteiger partial charge in [-0.2, -0.15) is 5.26 Å². The van der Waals surface area contributed by atoms with Crippen LogP contribution in [0.5, 0.6) is 0 Å². The number of pyridine rings is 1. The molecular weight excluding hydrogens is 532 g/mol. The van der Waals surface area contributed by atoms with Gasteiger partial charge in [-0.15, -0.1) is 11.3 Å². The highest BCUT2D eigenvalue weighted by molar-refractivity contribution is 7.14. The Kier molecular flexibility index (Phi) is 10.3. The number of likely N-dealkylation sites (N-methyl/N-ethyl adjacent to an activating group) is 2. The van der Waals surface area contributed by atoms with Crippen LogP contribution in [0.1, 0.15) is 39.2 Å². The lowest BCUT2D eigenvalue weighted by Gasteiger charge is -2.33. The highest BCUT2D eigenvalue weighted by Gasteiger charge is 2.22. The Morgan fingerprint density at radius 2 is 1.93 bits per heavy atom. The first kappa shape index (κ1) is 30.0. The number of carbonyl (C=O) groups is 1. The average molecular weight is 573 g/mol. The first-order valence-electron chi connectivity index (χ1n) is 14.3. The van der Waals surface area contributed by atoms with E-state index < -0.39 is 0 Å². The molecule has 1 aliphatic heterocycles. The molecule has 3 heterocycles. The molecule has 2 aromatic heterocycles. The standard InChI is InChI=1S/C31H40N8OS/c1-5-11-29(38(7-3)31-34-27(23-41-31)26-13-9-8-12-24(26)20-32)39-21-25(14-15-28(39)33)35(4)18-19-36(6-2)22-30(40)37-16-10-17-37/h8-9,11-15,21,23,33H,5-7,10,16-19,22H2,1-4H3/b29-11+,33-28?. The van der Waals surface area contributed by atoms with E-state index in [1.54, 1.807) is 0 Å². The van der Waals surface area contributed by atoms with Crippen molar-refractivity contribution in [1.29, 1.82) is 10.7 Å². The van der Waals surface area contributed by atoms with Crippen LogP contribution in [0, 0.1) is 16.7 Å². The van der Waals surface area contributed by atoms with Crippen molar-refractivity contribution in [2.75, 3.05) is 62.7 Å². The molecule has 0 unspecified atom stereocenters. The summed E-state index contributed by atoms with van der Waals surface area (Å²) in [7, 11) is 2.05. The number of allylic oxidation sites excluding steroid dienone is 1. The Morgan fingerprint density at radius 1 is 1.15 bits per heavy atom. The van der Waals surface area contributed by atoms with Crippen molar-refractivity contribution < 1.29 is 4.79 Å². The van der Waals surface area contributed by atoms with Gasteiger partial charge in [0.1, 0.15) is 11.3 Å². The number of likely N-dealkylation sites (tertiary alicyclic amines) is 1. The van der Waals surface area contributed by atoms with Crippen LogP contribution in [-0.2, 0) is 4.79 Å². The third-order valence-corrected chi connectivity index (χ3v) is 8.28. The second kappa shape index (κ2) is 14.1. The summed E-state index contributed by atoms with van der Waals surface area (Å²) >= 11 is 1.53. The number of carbonyl (C=O) groups excluding carboxylic acids is 1. The Balaban J connectivity index is 1.55. The van der Waals surface area contributed by atoms with Gasteiger partial charge in [-0.05, 0) is 50.6 Å². The molecule has 1 fully saturated rings. The molecule has 1 aromatic carbocycles. The van der Waals surface area contributed by atoms with Gasteiger partial charge in [0.15, 0.2) is 5.13 Å². The number of anilines is 2. The zero-order chi connectivity index (χ0) is 29.4. The molecule has 1 saturated heterocycles.